The summed E-state index contributed by atoms with van der Waals surface area (Å²) in [6.45, 7) is 3.56. The second-order valence-corrected chi connectivity index (χ2v) is 8.78. The molecule has 2 aromatic heterocycles. The average Bonchev–Trinajstić information content (AvgIpc) is 3.09. The minimum absolute atomic E-state index is 0.0871. The first-order valence-electron chi connectivity index (χ1n) is 9.82. The van der Waals surface area contributed by atoms with E-state index in [0.717, 1.165) is 5.69 Å². The molecule has 0 aliphatic carbocycles. The maximum absolute atomic E-state index is 12.9. The average molecular weight is 448 g/mol. The van der Waals surface area contributed by atoms with Crippen LogP contribution in [-0.2, 0) is 10.0 Å². The summed E-state index contributed by atoms with van der Waals surface area (Å²) in [6, 6.07) is 20.4. The largest absolute Gasteiger partial charge is 0.295 e. The van der Waals surface area contributed by atoms with Gasteiger partial charge in [-0.3, -0.25) is 19.6 Å². The molecular weight excluding hydrogens is 426 g/mol. The van der Waals surface area contributed by atoms with E-state index in [1.807, 2.05) is 37.3 Å². The van der Waals surface area contributed by atoms with Gasteiger partial charge >= 0.3 is 0 Å². The smallest absolute Gasteiger partial charge is 0.280 e. The van der Waals surface area contributed by atoms with Crippen molar-refractivity contribution < 1.29 is 8.42 Å². The van der Waals surface area contributed by atoms with Gasteiger partial charge in [0, 0.05) is 11.9 Å². The zero-order valence-electron chi connectivity index (χ0n) is 17.5. The first kappa shape index (κ1) is 21.3. The van der Waals surface area contributed by atoms with Gasteiger partial charge < -0.3 is 0 Å². The molecule has 32 heavy (non-hydrogen) atoms. The molecule has 0 amide bonds. The Hall–Kier alpha value is -3.98. The Bertz CT molecular complexity index is 1420. The van der Waals surface area contributed by atoms with Gasteiger partial charge in [-0.2, -0.15) is 0 Å². The Labute approximate surface area is 185 Å². The van der Waals surface area contributed by atoms with Gasteiger partial charge in [0.1, 0.15) is 5.82 Å². The fraction of sp³-hybridized carbons (Fsp3) is 0.0870. The standard InChI is InChI=1S/C23H21N5O3S/c1-16(22-17(2)26-28(23(22)29)19-8-4-3-5-9-19)25-18-11-13-20(14-12-18)32(30,31)27-21-10-6-7-15-24-21/h3-15,26H,1-2H3,(H,24,27). The molecule has 4 aromatic rings. The molecule has 0 bridgehead atoms. The van der Waals surface area contributed by atoms with Gasteiger partial charge in [-0.05, 0) is 62.4 Å². The summed E-state index contributed by atoms with van der Waals surface area (Å²) in [7, 11) is -3.77. The maximum atomic E-state index is 12.9. The predicted octanol–water partition coefficient (Wildman–Crippen LogP) is 3.81. The Balaban J connectivity index is 1.60. The Morgan fingerprint density at radius 2 is 1.69 bits per heavy atom. The molecule has 0 radical (unpaired) electrons. The highest BCUT2D eigenvalue weighted by molar-refractivity contribution is 7.92. The van der Waals surface area contributed by atoms with E-state index in [9.17, 15) is 13.2 Å². The van der Waals surface area contributed by atoms with E-state index in [1.54, 1.807) is 37.3 Å². The molecule has 8 nitrogen and oxygen atoms in total. The summed E-state index contributed by atoms with van der Waals surface area (Å²) in [5.41, 5.74) is 2.76. The van der Waals surface area contributed by atoms with Crippen molar-refractivity contribution in [2.45, 2.75) is 18.7 Å². The van der Waals surface area contributed by atoms with Gasteiger partial charge in [0.2, 0.25) is 0 Å². The quantitative estimate of drug-likeness (QED) is 0.438. The number of aryl methyl sites for hydroxylation is 1. The zero-order chi connectivity index (χ0) is 22.7. The molecule has 0 atom stereocenters. The number of nitrogens with one attached hydrogen (secondary N) is 2. The first-order valence-corrected chi connectivity index (χ1v) is 11.3. The highest BCUT2D eigenvalue weighted by Gasteiger charge is 2.16. The summed E-state index contributed by atoms with van der Waals surface area (Å²) in [5.74, 6) is 0.239. The third kappa shape index (κ3) is 4.37. The number of pyridine rings is 1. The van der Waals surface area contributed by atoms with Crippen LogP contribution < -0.4 is 10.3 Å². The molecular formula is C23H21N5O3S. The number of benzene rings is 2. The number of aromatic amines is 1. The Kier molecular flexibility index (Phi) is 5.74. The van der Waals surface area contributed by atoms with Gasteiger partial charge in [0.05, 0.1) is 27.5 Å². The van der Waals surface area contributed by atoms with E-state index in [2.05, 4.69) is 19.8 Å². The minimum Gasteiger partial charge on any atom is -0.295 e. The summed E-state index contributed by atoms with van der Waals surface area (Å²) in [4.78, 5) is 21.5. The molecule has 9 heteroatoms. The highest BCUT2D eigenvalue weighted by atomic mass is 32.2. The second-order valence-electron chi connectivity index (χ2n) is 7.10. The number of hydrogen-bond donors (Lipinski definition) is 2. The summed E-state index contributed by atoms with van der Waals surface area (Å²) < 4.78 is 29.0. The molecule has 0 unspecified atom stereocenters. The lowest BCUT2D eigenvalue weighted by Gasteiger charge is -2.07. The molecule has 0 fully saturated rings. The van der Waals surface area contributed by atoms with Gasteiger partial charge in [-0.15, -0.1) is 0 Å². The van der Waals surface area contributed by atoms with Crippen LogP contribution in [0.1, 0.15) is 18.2 Å². The third-order valence-electron chi connectivity index (χ3n) is 4.80. The van der Waals surface area contributed by atoms with E-state index < -0.39 is 10.0 Å². The SMILES string of the molecule is CC(=Nc1ccc(S(=O)(=O)Nc2ccccn2)cc1)c1c(C)[nH]n(-c2ccccc2)c1=O. The number of rotatable bonds is 6. The normalized spacial score (nSPS) is 12.0. The van der Waals surface area contributed by atoms with Crippen LogP contribution in [0.15, 0.2) is 93.7 Å². The zero-order valence-corrected chi connectivity index (χ0v) is 18.3. The molecule has 162 valence electrons. The van der Waals surface area contributed by atoms with Crippen molar-refractivity contribution in [1.29, 1.82) is 0 Å². The van der Waals surface area contributed by atoms with Crippen LogP contribution in [0.4, 0.5) is 11.5 Å². The van der Waals surface area contributed by atoms with Gasteiger partial charge in [-0.25, -0.2) is 18.1 Å². The fourth-order valence-corrected chi connectivity index (χ4v) is 4.31. The summed E-state index contributed by atoms with van der Waals surface area (Å²) in [5, 5.41) is 3.08. The van der Waals surface area contributed by atoms with Crippen molar-refractivity contribution in [2.24, 2.45) is 4.99 Å². The number of aromatic nitrogens is 3. The third-order valence-corrected chi connectivity index (χ3v) is 6.17. The van der Waals surface area contributed by atoms with Crippen molar-refractivity contribution in [3.05, 3.63) is 101 Å². The van der Waals surface area contributed by atoms with Crippen LogP contribution in [0.25, 0.3) is 5.69 Å². The first-order chi connectivity index (χ1) is 15.3. The molecule has 0 aliphatic heterocycles. The van der Waals surface area contributed by atoms with Crippen molar-refractivity contribution in [3.63, 3.8) is 0 Å². The molecule has 2 aromatic carbocycles. The number of H-pyrrole nitrogens is 1. The van der Waals surface area contributed by atoms with Crippen LogP contribution in [-0.4, -0.2) is 28.9 Å². The highest BCUT2D eigenvalue weighted by Crippen LogP contribution is 2.20. The van der Waals surface area contributed by atoms with Crippen molar-refractivity contribution in [2.75, 3.05) is 4.72 Å². The summed E-state index contributed by atoms with van der Waals surface area (Å²) in [6.07, 6.45) is 1.51. The van der Waals surface area contributed by atoms with E-state index in [4.69, 9.17) is 0 Å². The number of aliphatic imine (C=N–C) groups is 1. The van der Waals surface area contributed by atoms with Crippen molar-refractivity contribution in [1.82, 2.24) is 14.8 Å². The molecule has 2 N–H and O–H groups in total. The molecule has 0 spiro atoms. The molecule has 0 saturated carbocycles. The second kappa shape index (κ2) is 8.64. The minimum atomic E-state index is -3.77. The van der Waals surface area contributed by atoms with E-state index in [-0.39, 0.29) is 16.3 Å². The monoisotopic (exact) mass is 447 g/mol. The Morgan fingerprint density at radius 3 is 2.34 bits per heavy atom. The molecule has 2 heterocycles. The predicted molar refractivity (Wildman–Crippen MR) is 124 cm³/mol. The van der Waals surface area contributed by atoms with Crippen LogP contribution in [0, 0.1) is 6.92 Å². The summed E-state index contributed by atoms with van der Waals surface area (Å²) >= 11 is 0. The van der Waals surface area contributed by atoms with Crippen molar-refractivity contribution in [3.8, 4) is 5.69 Å². The van der Waals surface area contributed by atoms with Crippen LogP contribution >= 0.6 is 0 Å². The number of sulfonamides is 1. The van der Waals surface area contributed by atoms with Crippen molar-refractivity contribution >= 4 is 27.2 Å². The molecule has 4 rings (SSSR count). The van der Waals surface area contributed by atoms with E-state index in [1.165, 1.54) is 23.0 Å². The van der Waals surface area contributed by atoms with Crippen LogP contribution in [0.5, 0.6) is 0 Å². The number of para-hydroxylation sites is 1. The number of anilines is 1. The van der Waals surface area contributed by atoms with Gasteiger partial charge in [0.25, 0.3) is 15.6 Å². The number of hydrogen-bond acceptors (Lipinski definition) is 5. The molecule has 0 aliphatic rings. The maximum Gasteiger partial charge on any atom is 0.280 e. The Morgan fingerprint density at radius 1 is 1.00 bits per heavy atom. The lowest BCUT2D eigenvalue weighted by molar-refractivity contribution is 0.601. The number of nitrogens with zero attached hydrogens (tertiary/aromatic N) is 3. The van der Waals surface area contributed by atoms with Crippen LogP contribution in [0.3, 0.4) is 0 Å². The van der Waals surface area contributed by atoms with Gasteiger partial charge in [-0.1, -0.05) is 24.3 Å². The van der Waals surface area contributed by atoms with Crippen LogP contribution in [0.2, 0.25) is 0 Å². The topological polar surface area (TPSA) is 109 Å². The lowest BCUT2D eigenvalue weighted by Crippen LogP contribution is -2.19. The van der Waals surface area contributed by atoms with E-state index in [0.29, 0.717) is 22.7 Å². The molecule has 0 saturated heterocycles. The van der Waals surface area contributed by atoms with Gasteiger partial charge in [0.15, 0.2) is 0 Å². The lowest BCUT2D eigenvalue weighted by atomic mass is 10.1. The van der Waals surface area contributed by atoms with E-state index >= 15 is 0 Å². The fourth-order valence-electron chi connectivity index (χ4n) is 3.30.